The Morgan fingerprint density at radius 2 is 1.45 bits per heavy atom. The molecule has 0 radical (unpaired) electrons. The van der Waals surface area contributed by atoms with Gasteiger partial charge in [-0.25, -0.2) is 8.78 Å². The van der Waals surface area contributed by atoms with E-state index in [1.165, 1.54) is 30.2 Å². The molecule has 0 aliphatic heterocycles. The lowest BCUT2D eigenvalue weighted by Crippen LogP contribution is -1.99. The van der Waals surface area contributed by atoms with Crippen LogP contribution in [0.3, 0.4) is 0 Å². The number of aryl methyl sites for hydroxylation is 2. The first-order valence-electron chi connectivity index (χ1n) is 9.63. The first-order chi connectivity index (χ1) is 13.8. The van der Waals surface area contributed by atoms with Crippen molar-refractivity contribution in [1.29, 1.82) is 0 Å². The molecule has 2 aromatic carbocycles. The highest BCUT2D eigenvalue weighted by molar-refractivity contribution is 5.44. The smallest absolute Gasteiger partial charge is 0.126 e. The van der Waals surface area contributed by atoms with E-state index >= 15 is 0 Å². The molecule has 1 atom stereocenters. The van der Waals surface area contributed by atoms with Crippen LogP contribution in [0, 0.1) is 25.5 Å². The Morgan fingerprint density at radius 1 is 0.966 bits per heavy atom. The quantitative estimate of drug-likeness (QED) is 0.475. The van der Waals surface area contributed by atoms with Gasteiger partial charge in [0.15, 0.2) is 0 Å². The summed E-state index contributed by atoms with van der Waals surface area (Å²) in [5.74, 6) is -0.705. The van der Waals surface area contributed by atoms with Gasteiger partial charge in [0.2, 0.25) is 0 Å². The van der Waals surface area contributed by atoms with E-state index in [1.807, 2.05) is 13.7 Å². The van der Waals surface area contributed by atoms with E-state index < -0.39 is 5.82 Å². The number of carbonyl (C=O) groups is 2. The molecule has 0 aromatic heterocycles. The Labute approximate surface area is 173 Å². The Hall–Kier alpha value is -2.40. The normalized spacial score (nSPS) is 10.2. The minimum atomic E-state index is -0.390. The maximum absolute atomic E-state index is 13.4. The fourth-order valence-corrected chi connectivity index (χ4v) is 2.42. The molecule has 0 bridgehead atoms. The second-order valence-corrected chi connectivity index (χ2v) is 6.53. The molecular weight excluding hydrogens is 374 g/mol. The van der Waals surface area contributed by atoms with Gasteiger partial charge in [-0.2, -0.15) is 0 Å². The molecule has 0 aliphatic rings. The zero-order chi connectivity index (χ0) is 22.7. The number of unbranched alkanes of at least 4 members (excludes halogenated alkanes) is 2. The average molecular weight is 409 g/mol. The predicted octanol–water partition coefficient (Wildman–Crippen LogP) is 5.94. The number of rotatable bonds is 6. The van der Waals surface area contributed by atoms with Crippen molar-refractivity contribution in [2.24, 2.45) is 0 Å². The van der Waals surface area contributed by atoms with Crippen LogP contribution in [0.5, 0.6) is 0 Å². The lowest BCUT2D eigenvalue weighted by Gasteiger charge is -2.12. The Balaban J connectivity index is 0. The van der Waals surface area contributed by atoms with Gasteiger partial charge in [-0.1, -0.05) is 55.2 Å². The summed E-state index contributed by atoms with van der Waals surface area (Å²) in [4.78, 5) is 16.8. The number of aldehydes is 1. The number of hydrogen-bond acceptors (Lipinski definition) is 3. The molecule has 0 spiro atoms. The molecular formula is C24H34F2O3. The molecule has 2 rings (SSSR count). The van der Waals surface area contributed by atoms with Crippen LogP contribution >= 0.6 is 0 Å². The highest BCUT2D eigenvalue weighted by atomic mass is 19.1. The molecule has 1 N–H and O–H groups in total. The number of carbonyl (C=O) groups excluding carboxylic acids is 2. The van der Waals surface area contributed by atoms with Crippen LogP contribution in [0.15, 0.2) is 42.5 Å². The van der Waals surface area contributed by atoms with Crippen LogP contribution in [0.4, 0.5) is 8.78 Å². The summed E-state index contributed by atoms with van der Waals surface area (Å²) in [6.45, 7) is 9.73. The van der Waals surface area contributed by atoms with E-state index in [2.05, 4.69) is 38.1 Å². The third-order valence-corrected chi connectivity index (χ3v) is 4.00. The van der Waals surface area contributed by atoms with Crippen LogP contribution in [-0.2, 0) is 9.59 Å². The number of aliphatic hydroxyl groups excluding tert-OH is 1. The van der Waals surface area contributed by atoms with Gasteiger partial charge in [0, 0.05) is 6.61 Å². The fraction of sp³-hybridized carbons (Fsp3) is 0.417. The van der Waals surface area contributed by atoms with E-state index in [4.69, 9.17) is 14.7 Å². The maximum atomic E-state index is 13.4. The largest absolute Gasteiger partial charge is 0.396 e. The van der Waals surface area contributed by atoms with Crippen LogP contribution < -0.4 is 0 Å². The van der Waals surface area contributed by atoms with E-state index in [0.29, 0.717) is 5.56 Å². The van der Waals surface area contributed by atoms with Crippen molar-refractivity contribution in [3.8, 4) is 0 Å². The number of halogens is 2. The first-order valence-corrected chi connectivity index (χ1v) is 9.63. The molecule has 0 amide bonds. The first kappa shape index (κ1) is 28.8. The Kier molecular flexibility index (Phi) is 18.8. The monoisotopic (exact) mass is 408 g/mol. The van der Waals surface area contributed by atoms with Crippen molar-refractivity contribution in [3.05, 3.63) is 70.8 Å². The van der Waals surface area contributed by atoms with Crippen LogP contribution in [-0.4, -0.2) is 24.8 Å². The van der Waals surface area contributed by atoms with E-state index in [1.54, 1.807) is 0 Å². The highest BCUT2D eigenvalue weighted by Crippen LogP contribution is 2.25. The van der Waals surface area contributed by atoms with E-state index in [0.717, 1.165) is 38.0 Å². The second kappa shape index (κ2) is 18.9. The Morgan fingerprint density at radius 3 is 1.90 bits per heavy atom. The number of aliphatic hydroxyl groups is 1. The second-order valence-electron chi connectivity index (χ2n) is 6.53. The van der Waals surface area contributed by atoms with E-state index in [9.17, 15) is 8.78 Å². The zero-order valence-electron chi connectivity index (χ0n) is 18.0. The summed E-state index contributed by atoms with van der Waals surface area (Å²) in [6, 6.07) is 12.1. The summed E-state index contributed by atoms with van der Waals surface area (Å²) in [5.41, 5.74) is 3.11. The van der Waals surface area contributed by atoms with E-state index in [-0.39, 0.29) is 18.3 Å². The molecule has 0 saturated heterocycles. The Bertz CT molecular complexity index is 637. The molecule has 0 fully saturated rings. The summed E-state index contributed by atoms with van der Waals surface area (Å²) >= 11 is 0. The van der Waals surface area contributed by atoms with Gasteiger partial charge in [0.1, 0.15) is 24.7 Å². The van der Waals surface area contributed by atoms with Crippen LogP contribution in [0.25, 0.3) is 0 Å². The summed E-state index contributed by atoms with van der Waals surface area (Å²) in [7, 11) is 0. The van der Waals surface area contributed by atoms with Crippen LogP contribution in [0.1, 0.15) is 62.1 Å². The van der Waals surface area contributed by atoms with Crippen molar-refractivity contribution in [2.45, 2.75) is 59.3 Å². The molecule has 162 valence electrons. The molecule has 0 aliphatic carbocycles. The van der Waals surface area contributed by atoms with Gasteiger partial charge in [0.05, 0.1) is 0 Å². The van der Waals surface area contributed by atoms with Gasteiger partial charge in [-0.05, 0) is 63.3 Å². The maximum Gasteiger partial charge on any atom is 0.126 e. The molecule has 0 heterocycles. The average Bonchev–Trinajstić information content (AvgIpc) is 2.72. The third kappa shape index (κ3) is 15.2. The highest BCUT2D eigenvalue weighted by Gasteiger charge is 2.11. The third-order valence-electron chi connectivity index (χ3n) is 4.00. The van der Waals surface area contributed by atoms with Gasteiger partial charge in [-0.15, -0.1) is 0 Å². The number of benzene rings is 2. The standard InChI is InChI=1S/C13H18F2O.C8H10.C2H4O.CH2O/c1-10(5-3-2-4-8-16)12-9-11(14)6-7-13(12)15;1-7-3-5-8(2)6-4-7;1-2-3;1-2/h6-7,9-10,16H,2-5,8H2,1H3;3-6H,1-2H3;2H,1H3;1H2. The van der Waals surface area contributed by atoms with Crippen molar-refractivity contribution in [2.75, 3.05) is 6.61 Å². The van der Waals surface area contributed by atoms with Crippen molar-refractivity contribution < 1.29 is 23.5 Å². The minimum Gasteiger partial charge on any atom is -0.396 e. The van der Waals surface area contributed by atoms with Crippen LogP contribution in [0.2, 0.25) is 0 Å². The molecule has 29 heavy (non-hydrogen) atoms. The summed E-state index contributed by atoms with van der Waals surface area (Å²) < 4.78 is 26.3. The SMILES string of the molecule is C=O.CC(CCCCCO)c1cc(F)ccc1F.CC=O.Cc1ccc(C)cc1. The fourth-order valence-electron chi connectivity index (χ4n) is 2.42. The zero-order valence-corrected chi connectivity index (χ0v) is 18.0. The molecule has 3 nitrogen and oxygen atoms in total. The summed E-state index contributed by atoms with van der Waals surface area (Å²) in [5, 5.41) is 8.62. The van der Waals surface area contributed by atoms with Crippen molar-refractivity contribution >= 4 is 13.1 Å². The summed E-state index contributed by atoms with van der Waals surface area (Å²) in [6.07, 6.45) is 4.20. The lowest BCUT2D eigenvalue weighted by atomic mass is 9.94. The molecule has 5 heteroatoms. The lowest BCUT2D eigenvalue weighted by molar-refractivity contribution is -0.106. The number of hydrogen-bond donors (Lipinski definition) is 1. The topological polar surface area (TPSA) is 54.4 Å². The van der Waals surface area contributed by atoms with Gasteiger partial charge >= 0.3 is 0 Å². The molecule has 1 unspecified atom stereocenters. The van der Waals surface area contributed by atoms with Crippen molar-refractivity contribution in [1.82, 2.24) is 0 Å². The minimum absolute atomic E-state index is 0.0226. The van der Waals surface area contributed by atoms with Gasteiger partial charge in [0.25, 0.3) is 0 Å². The van der Waals surface area contributed by atoms with Gasteiger partial charge in [-0.3, -0.25) is 0 Å². The van der Waals surface area contributed by atoms with Gasteiger partial charge < -0.3 is 14.7 Å². The predicted molar refractivity (Wildman–Crippen MR) is 115 cm³/mol. The van der Waals surface area contributed by atoms with Crippen molar-refractivity contribution in [3.63, 3.8) is 0 Å². The molecule has 2 aromatic rings. The molecule has 0 saturated carbocycles.